The summed E-state index contributed by atoms with van der Waals surface area (Å²) in [6.07, 6.45) is 3.56. The fourth-order valence-corrected chi connectivity index (χ4v) is 7.06. The first kappa shape index (κ1) is 28.9. The number of rotatable bonds is 5. The van der Waals surface area contributed by atoms with E-state index in [2.05, 4.69) is 104 Å². The first-order chi connectivity index (χ1) is 25.3. The first-order valence-corrected chi connectivity index (χ1v) is 16.8. The van der Waals surface area contributed by atoms with Crippen LogP contribution in [0.3, 0.4) is 0 Å². The Bertz CT molecular complexity index is 2630. The van der Waals surface area contributed by atoms with Crippen molar-refractivity contribution in [3.8, 4) is 51.3 Å². The number of aromatic nitrogens is 5. The number of fused-ring (bicyclic) bond motifs is 5. The third kappa shape index (κ3) is 4.82. The van der Waals surface area contributed by atoms with Crippen molar-refractivity contribution in [1.82, 2.24) is 24.5 Å². The molecule has 0 saturated carbocycles. The standard InChI is InChI=1S/C44H28N6O/c1-4-18-37-30(13-1)31-14-2-5-19-38(31)49(37)29-23-24-41-43(27-29)51-42-22-8-7-21-40(42)50(41)39-20-6-3-15-32(39)44-47-35(33-16-9-11-25-45-33)28-36(48-44)34-17-10-12-26-46-34/h1-28H. The van der Waals surface area contributed by atoms with Gasteiger partial charge in [0.05, 0.1) is 56.6 Å². The highest BCUT2D eigenvalue weighted by atomic mass is 16.5. The summed E-state index contributed by atoms with van der Waals surface area (Å²) >= 11 is 0. The zero-order chi connectivity index (χ0) is 33.7. The number of benzene rings is 5. The summed E-state index contributed by atoms with van der Waals surface area (Å²) in [5, 5.41) is 2.43. The Morgan fingerprint density at radius 3 is 1.67 bits per heavy atom. The lowest BCUT2D eigenvalue weighted by atomic mass is 10.1. The van der Waals surface area contributed by atoms with Crippen LogP contribution in [0.25, 0.3) is 61.7 Å². The molecule has 9 aromatic rings. The van der Waals surface area contributed by atoms with E-state index in [4.69, 9.17) is 14.7 Å². The number of para-hydroxylation sites is 5. The van der Waals surface area contributed by atoms with Gasteiger partial charge in [-0.05, 0) is 78.9 Å². The van der Waals surface area contributed by atoms with E-state index in [0.717, 1.165) is 73.6 Å². The van der Waals surface area contributed by atoms with E-state index >= 15 is 0 Å². The molecule has 0 saturated heterocycles. The molecule has 0 fully saturated rings. The molecule has 51 heavy (non-hydrogen) atoms. The van der Waals surface area contributed by atoms with Crippen LogP contribution in [-0.2, 0) is 0 Å². The normalized spacial score (nSPS) is 12.0. The second kappa shape index (κ2) is 11.8. The number of hydrogen-bond donors (Lipinski definition) is 0. The molecule has 0 radical (unpaired) electrons. The SMILES string of the molecule is c1ccc(-c2cc(-c3ccccn3)nc(-c3ccccc3N3c4ccccc4Oc4cc(-n5c6ccccc6c6ccccc65)ccc43)n2)nc1. The van der Waals surface area contributed by atoms with Crippen LogP contribution in [0.4, 0.5) is 17.1 Å². The highest BCUT2D eigenvalue weighted by Gasteiger charge is 2.29. The minimum atomic E-state index is 0.571. The van der Waals surface area contributed by atoms with E-state index in [1.165, 1.54) is 10.8 Å². The number of pyridine rings is 2. The maximum Gasteiger partial charge on any atom is 0.162 e. The Labute approximate surface area is 293 Å². The molecule has 0 amide bonds. The minimum Gasteiger partial charge on any atom is -0.453 e. The number of anilines is 3. The lowest BCUT2D eigenvalue weighted by Gasteiger charge is -2.34. The molecule has 0 atom stereocenters. The highest BCUT2D eigenvalue weighted by molar-refractivity contribution is 6.09. The third-order valence-electron chi connectivity index (χ3n) is 9.32. The van der Waals surface area contributed by atoms with Gasteiger partial charge in [0.15, 0.2) is 17.3 Å². The van der Waals surface area contributed by atoms with Crippen molar-refractivity contribution in [2.45, 2.75) is 0 Å². The summed E-state index contributed by atoms with van der Waals surface area (Å²) in [5.74, 6) is 2.08. The van der Waals surface area contributed by atoms with Crippen LogP contribution in [0.5, 0.6) is 11.5 Å². The van der Waals surface area contributed by atoms with Crippen LogP contribution >= 0.6 is 0 Å². The van der Waals surface area contributed by atoms with Crippen LogP contribution in [0.1, 0.15) is 0 Å². The molecule has 0 spiro atoms. The predicted octanol–water partition coefficient (Wildman–Crippen LogP) is 10.9. The number of nitrogens with zero attached hydrogens (tertiary/aromatic N) is 6. The molecule has 1 aliphatic rings. The summed E-state index contributed by atoms with van der Waals surface area (Å²) < 4.78 is 9.00. The molecule has 4 aromatic heterocycles. The third-order valence-corrected chi connectivity index (χ3v) is 9.32. The molecule has 1 aliphatic heterocycles. The van der Waals surface area contributed by atoms with Gasteiger partial charge in [0.1, 0.15) is 0 Å². The van der Waals surface area contributed by atoms with Gasteiger partial charge < -0.3 is 14.2 Å². The minimum absolute atomic E-state index is 0.571. The quantitative estimate of drug-likeness (QED) is 0.184. The first-order valence-electron chi connectivity index (χ1n) is 16.8. The highest BCUT2D eigenvalue weighted by Crippen LogP contribution is 2.52. The Kier molecular flexibility index (Phi) is 6.67. The largest absolute Gasteiger partial charge is 0.453 e. The fourth-order valence-electron chi connectivity index (χ4n) is 7.06. The average Bonchev–Trinajstić information content (AvgIpc) is 3.55. The van der Waals surface area contributed by atoms with Crippen molar-refractivity contribution in [2.24, 2.45) is 0 Å². The Balaban J connectivity index is 1.17. The van der Waals surface area contributed by atoms with Crippen LogP contribution < -0.4 is 9.64 Å². The van der Waals surface area contributed by atoms with Gasteiger partial charge in [-0.2, -0.15) is 0 Å². The molecule has 5 heterocycles. The topological polar surface area (TPSA) is 69.0 Å². The van der Waals surface area contributed by atoms with Gasteiger partial charge in [0, 0.05) is 34.8 Å². The van der Waals surface area contributed by atoms with E-state index in [1.807, 2.05) is 72.8 Å². The van der Waals surface area contributed by atoms with Crippen molar-refractivity contribution in [2.75, 3.05) is 4.90 Å². The van der Waals surface area contributed by atoms with E-state index in [9.17, 15) is 0 Å². The van der Waals surface area contributed by atoms with E-state index < -0.39 is 0 Å². The van der Waals surface area contributed by atoms with Gasteiger partial charge in [-0.25, -0.2) is 9.97 Å². The molecule has 5 aromatic carbocycles. The number of ether oxygens (including phenoxy) is 1. The lowest BCUT2D eigenvalue weighted by Crippen LogP contribution is -2.17. The average molecular weight is 657 g/mol. The van der Waals surface area contributed by atoms with Crippen molar-refractivity contribution in [1.29, 1.82) is 0 Å². The summed E-state index contributed by atoms with van der Waals surface area (Å²) in [4.78, 5) is 21.7. The van der Waals surface area contributed by atoms with Crippen molar-refractivity contribution >= 4 is 38.9 Å². The van der Waals surface area contributed by atoms with Gasteiger partial charge in [0.2, 0.25) is 0 Å². The fraction of sp³-hybridized carbons (Fsp3) is 0. The molecule has 7 heteroatoms. The second-order valence-corrected chi connectivity index (χ2v) is 12.3. The molecule has 7 nitrogen and oxygen atoms in total. The van der Waals surface area contributed by atoms with Gasteiger partial charge in [-0.15, -0.1) is 0 Å². The summed E-state index contributed by atoms with van der Waals surface area (Å²) in [6, 6.07) is 53.5. The second-order valence-electron chi connectivity index (χ2n) is 12.3. The Morgan fingerprint density at radius 1 is 0.431 bits per heavy atom. The molecule has 0 N–H and O–H groups in total. The Hall–Kier alpha value is -7.12. The molecule has 0 aliphatic carbocycles. The van der Waals surface area contributed by atoms with Gasteiger partial charge in [-0.3, -0.25) is 9.97 Å². The van der Waals surface area contributed by atoms with Crippen LogP contribution in [0.15, 0.2) is 170 Å². The zero-order valence-corrected chi connectivity index (χ0v) is 27.3. The van der Waals surface area contributed by atoms with Gasteiger partial charge >= 0.3 is 0 Å². The molecule has 10 rings (SSSR count). The Morgan fingerprint density at radius 2 is 1.00 bits per heavy atom. The molecule has 240 valence electrons. The molecular weight excluding hydrogens is 629 g/mol. The van der Waals surface area contributed by atoms with Crippen LogP contribution in [-0.4, -0.2) is 24.5 Å². The monoisotopic (exact) mass is 656 g/mol. The summed E-state index contributed by atoms with van der Waals surface area (Å²) in [5.41, 5.74) is 9.88. The van der Waals surface area contributed by atoms with Crippen LogP contribution in [0, 0.1) is 0 Å². The van der Waals surface area contributed by atoms with E-state index in [1.54, 1.807) is 12.4 Å². The van der Waals surface area contributed by atoms with E-state index in [0.29, 0.717) is 5.82 Å². The molecule has 0 bridgehead atoms. The molecular formula is C44H28N6O. The maximum absolute atomic E-state index is 6.69. The van der Waals surface area contributed by atoms with E-state index in [-0.39, 0.29) is 0 Å². The molecule has 0 unspecified atom stereocenters. The van der Waals surface area contributed by atoms with Gasteiger partial charge in [0.25, 0.3) is 0 Å². The smallest absolute Gasteiger partial charge is 0.162 e. The van der Waals surface area contributed by atoms with Crippen LogP contribution in [0.2, 0.25) is 0 Å². The van der Waals surface area contributed by atoms with Crippen molar-refractivity contribution in [3.05, 3.63) is 170 Å². The summed E-state index contributed by atoms with van der Waals surface area (Å²) in [6.45, 7) is 0. The van der Waals surface area contributed by atoms with Crippen molar-refractivity contribution < 1.29 is 4.74 Å². The lowest BCUT2D eigenvalue weighted by molar-refractivity contribution is 0.477. The number of hydrogen-bond acceptors (Lipinski definition) is 6. The van der Waals surface area contributed by atoms with Crippen molar-refractivity contribution in [3.63, 3.8) is 0 Å². The summed E-state index contributed by atoms with van der Waals surface area (Å²) in [7, 11) is 0. The maximum atomic E-state index is 6.69. The predicted molar refractivity (Wildman–Crippen MR) is 203 cm³/mol. The zero-order valence-electron chi connectivity index (χ0n) is 27.3. The van der Waals surface area contributed by atoms with Gasteiger partial charge in [-0.1, -0.05) is 72.8 Å².